The van der Waals surface area contributed by atoms with Crippen LogP contribution in [-0.2, 0) is 15.5 Å². The summed E-state index contributed by atoms with van der Waals surface area (Å²) in [4.78, 5) is 13.7. The smallest absolute Gasteiger partial charge is 0.347 e. The maximum Gasteiger partial charge on any atom is 0.347 e. The summed E-state index contributed by atoms with van der Waals surface area (Å²) < 4.78 is 5.84. The average Bonchev–Trinajstić information content (AvgIpc) is 2.55. The van der Waals surface area contributed by atoms with Crippen LogP contribution in [0.3, 0.4) is 0 Å². The Kier molecular flexibility index (Phi) is 6.46. The Morgan fingerprint density at radius 1 is 1.04 bits per heavy atom. The minimum Gasteiger partial charge on any atom is -0.478 e. The zero-order valence-corrected chi connectivity index (χ0v) is 18.2. The van der Waals surface area contributed by atoms with Gasteiger partial charge in [0.2, 0.25) is 0 Å². The molecule has 1 N–H and O–H groups in total. The molecule has 2 aromatic carbocycles. The minimum absolute atomic E-state index is 0.166. The summed E-state index contributed by atoms with van der Waals surface area (Å²) in [6.07, 6.45) is 0. The van der Waals surface area contributed by atoms with Crippen LogP contribution >= 0.6 is 27.7 Å². The lowest BCUT2D eigenvalue weighted by atomic mass is 9.86. The molecule has 0 saturated carbocycles. The molecule has 0 fully saturated rings. The molecule has 0 aromatic heterocycles. The van der Waals surface area contributed by atoms with E-state index in [-0.39, 0.29) is 5.41 Å². The molecule has 0 bridgehead atoms. The first-order chi connectivity index (χ1) is 12.0. The van der Waals surface area contributed by atoms with E-state index < -0.39 is 11.6 Å². The molecule has 0 radical (unpaired) electrons. The van der Waals surface area contributed by atoms with E-state index in [9.17, 15) is 9.90 Å². The molecule has 0 atom stereocenters. The third-order valence-electron chi connectivity index (χ3n) is 3.95. The third kappa shape index (κ3) is 5.27. The van der Waals surface area contributed by atoms with Crippen LogP contribution in [0.1, 0.15) is 45.7 Å². The monoisotopic (exact) mass is 436 g/mol. The third-order valence-corrected chi connectivity index (χ3v) is 5.60. The van der Waals surface area contributed by atoms with Crippen LogP contribution < -0.4 is 4.74 Å². The first-order valence-electron chi connectivity index (χ1n) is 8.42. The van der Waals surface area contributed by atoms with E-state index in [2.05, 4.69) is 67.0 Å². The number of hydrogen-bond donors (Lipinski definition) is 1. The van der Waals surface area contributed by atoms with Gasteiger partial charge in [-0.05, 0) is 55.2 Å². The largest absolute Gasteiger partial charge is 0.478 e. The Balaban J connectivity index is 2.34. The van der Waals surface area contributed by atoms with E-state index in [0.717, 1.165) is 20.7 Å². The molecule has 26 heavy (non-hydrogen) atoms. The van der Waals surface area contributed by atoms with Crippen molar-refractivity contribution in [2.45, 2.75) is 60.8 Å². The highest BCUT2D eigenvalue weighted by Gasteiger charge is 2.31. The van der Waals surface area contributed by atoms with Gasteiger partial charge in [-0.25, -0.2) is 4.79 Å². The van der Waals surface area contributed by atoms with E-state index in [1.54, 1.807) is 25.6 Å². The van der Waals surface area contributed by atoms with Crippen molar-refractivity contribution in [2.24, 2.45) is 0 Å². The lowest BCUT2D eigenvalue weighted by Gasteiger charge is -2.28. The molecule has 0 aliphatic heterocycles. The molecule has 0 spiro atoms. The van der Waals surface area contributed by atoms with Gasteiger partial charge in [0.25, 0.3) is 0 Å². The number of alkyl halides is 1. The highest BCUT2D eigenvalue weighted by atomic mass is 79.9. The first kappa shape index (κ1) is 20.8. The topological polar surface area (TPSA) is 46.5 Å². The van der Waals surface area contributed by atoms with Crippen molar-refractivity contribution in [3.63, 3.8) is 0 Å². The standard InChI is InChI=1S/C21H25BrO3S/c1-20(2,3)17-12-16(26-15-8-6-14(13-22)7-9-15)10-11-18(17)25-21(4,5)19(23)24/h6-12H,13H2,1-5H3,(H,23,24). The van der Waals surface area contributed by atoms with E-state index in [4.69, 9.17) is 4.74 Å². The molecular weight excluding hydrogens is 412 g/mol. The number of ether oxygens (including phenoxy) is 1. The van der Waals surface area contributed by atoms with Gasteiger partial charge >= 0.3 is 5.97 Å². The van der Waals surface area contributed by atoms with E-state index in [1.807, 2.05) is 12.1 Å². The average molecular weight is 437 g/mol. The van der Waals surface area contributed by atoms with Crippen molar-refractivity contribution in [2.75, 3.05) is 0 Å². The molecule has 140 valence electrons. The Labute approximate surface area is 168 Å². The summed E-state index contributed by atoms with van der Waals surface area (Å²) in [5.74, 6) is -0.369. The van der Waals surface area contributed by atoms with Crippen LogP contribution in [0.25, 0.3) is 0 Å². The van der Waals surface area contributed by atoms with Gasteiger partial charge in [0, 0.05) is 20.7 Å². The van der Waals surface area contributed by atoms with Crippen molar-refractivity contribution < 1.29 is 14.6 Å². The van der Waals surface area contributed by atoms with Crippen LogP contribution in [0.4, 0.5) is 0 Å². The fourth-order valence-electron chi connectivity index (χ4n) is 2.35. The molecule has 0 saturated heterocycles. The van der Waals surface area contributed by atoms with Gasteiger partial charge in [0.05, 0.1) is 0 Å². The van der Waals surface area contributed by atoms with E-state index in [1.165, 1.54) is 5.56 Å². The highest BCUT2D eigenvalue weighted by Crippen LogP contribution is 2.38. The molecular formula is C21H25BrO3S. The maximum atomic E-state index is 11.4. The number of aliphatic carboxylic acids is 1. The van der Waals surface area contributed by atoms with E-state index >= 15 is 0 Å². The summed E-state index contributed by atoms with van der Waals surface area (Å²) in [6.45, 7) is 9.43. The van der Waals surface area contributed by atoms with Crippen LogP contribution in [-0.4, -0.2) is 16.7 Å². The van der Waals surface area contributed by atoms with Crippen molar-refractivity contribution in [1.29, 1.82) is 0 Å². The summed E-state index contributed by atoms with van der Waals surface area (Å²) in [5, 5.41) is 10.2. The van der Waals surface area contributed by atoms with Crippen molar-refractivity contribution >= 4 is 33.7 Å². The highest BCUT2D eigenvalue weighted by molar-refractivity contribution is 9.08. The summed E-state index contributed by atoms with van der Waals surface area (Å²) in [7, 11) is 0. The molecule has 0 amide bonds. The molecule has 0 aliphatic carbocycles. The fourth-order valence-corrected chi connectivity index (χ4v) is 3.58. The van der Waals surface area contributed by atoms with Crippen molar-refractivity contribution in [3.05, 3.63) is 53.6 Å². The van der Waals surface area contributed by atoms with Gasteiger partial charge in [0.1, 0.15) is 5.75 Å². The second-order valence-electron chi connectivity index (χ2n) is 7.71. The summed E-state index contributed by atoms with van der Waals surface area (Å²) in [5.41, 5.74) is 0.791. The number of rotatable bonds is 6. The molecule has 0 heterocycles. The Morgan fingerprint density at radius 2 is 1.62 bits per heavy atom. The Bertz CT molecular complexity index is 777. The van der Waals surface area contributed by atoms with Crippen LogP contribution in [0, 0.1) is 0 Å². The van der Waals surface area contributed by atoms with Gasteiger partial charge < -0.3 is 9.84 Å². The molecule has 0 unspecified atom stereocenters. The van der Waals surface area contributed by atoms with Crippen LogP contribution in [0.2, 0.25) is 0 Å². The number of carbonyl (C=O) groups is 1. The summed E-state index contributed by atoms with van der Waals surface area (Å²) in [6, 6.07) is 14.4. The quantitative estimate of drug-likeness (QED) is 0.541. The number of carboxylic acid groups (broad SMARTS) is 1. The van der Waals surface area contributed by atoms with Gasteiger partial charge in [0.15, 0.2) is 5.60 Å². The van der Waals surface area contributed by atoms with Crippen molar-refractivity contribution in [1.82, 2.24) is 0 Å². The van der Waals surface area contributed by atoms with Gasteiger partial charge in [-0.15, -0.1) is 0 Å². The van der Waals surface area contributed by atoms with Gasteiger partial charge in [-0.2, -0.15) is 0 Å². The molecule has 2 rings (SSSR count). The van der Waals surface area contributed by atoms with Crippen LogP contribution in [0.15, 0.2) is 52.3 Å². The van der Waals surface area contributed by atoms with Gasteiger partial charge in [-0.3, -0.25) is 0 Å². The SMILES string of the molecule is CC(C)(Oc1ccc(Sc2ccc(CBr)cc2)cc1C(C)(C)C)C(=O)O. The predicted molar refractivity (Wildman–Crippen MR) is 111 cm³/mol. The molecule has 2 aromatic rings. The molecule has 0 aliphatic rings. The second kappa shape index (κ2) is 8.05. The van der Waals surface area contributed by atoms with Gasteiger partial charge in [-0.1, -0.05) is 60.6 Å². The molecule has 5 heteroatoms. The number of hydrogen-bond acceptors (Lipinski definition) is 3. The predicted octanol–water partition coefficient (Wildman–Crippen LogP) is 6.27. The zero-order chi connectivity index (χ0) is 19.5. The van der Waals surface area contributed by atoms with E-state index in [0.29, 0.717) is 5.75 Å². The zero-order valence-electron chi connectivity index (χ0n) is 15.8. The minimum atomic E-state index is -1.28. The normalized spacial score (nSPS) is 12.1. The lowest BCUT2D eigenvalue weighted by molar-refractivity contribution is -0.152. The second-order valence-corrected chi connectivity index (χ2v) is 9.41. The Morgan fingerprint density at radius 3 is 2.12 bits per heavy atom. The maximum absolute atomic E-state index is 11.4. The fraction of sp³-hybridized carbons (Fsp3) is 0.381. The lowest BCUT2D eigenvalue weighted by Crippen LogP contribution is -2.38. The number of halogens is 1. The number of carboxylic acids is 1. The van der Waals surface area contributed by atoms with Crippen LogP contribution in [0.5, 0.6) is 5.75 Å². The number of benzene rings is 2. The summed E-state index contributed by atoms with van der Waals surface area (Å²) >= 11 is 5.14. The van der Waals surface area contributed by atoms with Crippen molar-refractivity contribution in [3.8, 4) is 5.75 Å². The first-order valence-corrected chi connectivity index (χ1v) is 10.4. The Hall–Kier alpha value is -1.46. The molecule has 3 nitrogen and oxygen atoms in total.